The van der Waals surface area contributed by atoms with E-state index in [0.717, 1.165) is 18.2 Å². The third kappa shape index (κ3) is 4.34. The number of likely N-dealkylation sites (tertiary alicyclic amines) is 1. The lowest BCUT2D eigenvalue weighted by Crippen LogP contribution is -2.28. The molecule has 9 heteroatoms. The monoisotopic (exact) mass is 477 g/mol. The van der Waals surface area contributed by atoms with E-state index < -0.39 is 17.3 Å². The minimum atomic E-state index is -0.555. The molecule has 0 aliphatic carbocycles. The van der Waals surface area contributed by atoms with Gasteiger partial charge in [-0.05, 0) is 47.7 Å². The first-order chi connectivity index (χ1) is 16.8. The van der Waals surface area contributed by atoms with E-state index in [9.17, 15) is 14.0 Å². The number of carbonyl (C=O) groups excluding carboxylic acids is 1. The van der Waals surface area contributed by atoms with Crippen molar-refractivity contribution in [1.82, 2.24) is 24.2 Å². The number of hydrogen-bond donors (Lipinski definition) is 0. The number of aromatic nitrogens is 4. The van der Waals surface area contributed by atoms with Gasteiger partial charge < -0.3 is 4.90 Å². The Bertz CT molecular complexity index is 1490. The Morgan fingerprint density at radius 3 is 2.66 bits per heavy atom. The molecule has 2 aromatic heterocycles. The van der Waals surface area contributed by atoms with Crippen LogP contribution < -0.4 is 5.69 Å². The number of fused-ring (bicyclic) bond motifs is 1. The van der Waals surface area contributed by atoms with E-state index in [2.05, 4.69) is 10.1 Å². The SMILES string of the molecule is CCC(=O)N1CC[C@@H](Cc2nn(C)c(=O)n2-c2ccc(-c3ccc4cc(F)cnc4c3)cc2F)C1. The molecule has 3 heterocycles. The largest absolute Gasteiger partial charge is 0.350 e. The first-order valence-corrected chi connectivity index (χ1v) is 11.6. The van der Waals surface area contributed by atoms with Crippen LogP contribution in [-0.4, -0.2) is 43.2 Å². The van der Waals surface area contributed by atoms with E-state index in [4.69, 9.17) is 0 Å². The maximum absolute atomic E-state index is 15.4. The second-order valence-electron chi connectivity index (χ2n) is 8.94. The molecule has 1 saturated heterocycles. The zero-order valence-corrected chi connectivity index (χ0v) is 19.5. The fourth-order valence-corrected chi connectivity index (χ4v) is 4.74. The van der Waals surface area contributed by atoms with Gasteiger partial charge in [-0.15, -0.1) is 0 Å². The standard InChI is InChI=1S/C26H25F2N5O2/c1-3-25(34)32-9-8-16(15-32)10-24-30-31(2)26(35)33(24)23-7-6-17(12-21(23)28)18-4-5-19-11-20(27)14-29-22(19)13-18/h4-7,11-14,16H,3,8-10,15H2,1-2H3/t16-/m0/s1. The van der Waals surface area contributed by atoms with Crippen molar-refractivity contribution < 1.29 is 13.6 Å². The first-order valence-electron chi connectivity index (χ1n) is 11.6. The maximum Gasteiger partial charge on any atom is 0.350 e. The number of rotatable bonds is 5. The quantitative estimate of drug-likeness (QED) is 0.438. The van der Waals surface area contributed by atoms with Gasteiger partial charge in [0.05, 0.1) is 17.4 Å². The molecular formula is C26H25F2N5O2. The number of benzene rings is 2. The molecule has 35 heavy (non-hydrogen) atoms. The lowest BCUT2D eigenvalue weighted by Gasteiger charge is -2.15. The van der Waals surface area contributed by atoms with Gasteiger partial charge in [0.25, 0.3) is 0 Å². The van der Waals surface area contributed by atoms with Crippen LogP contribution in [0.15, 0.2) is 53.5 Å². The summed E-state index contributed by atoms with van der Waals surface area (Å²) in [6, 6.07) is 11.4. The van der Waals surface area contributed by atoms with Gasteiger partial charge in [-0.2, -0.15) is 5.10 Å². The average molecular weight is 478 g/mol. The lowest BCUT2D eigenvalue weighted by molar-refractivity contribution is -0.129. The van der Waals surface area contributed by atoms with E-state index in [1.54, 1.807) is 37.4 Å². The van der Waals surface area contributed by atoms with Crippen LogP contribution in [0.5, 0.6) is 0 Å². The predicted octanol–water partition coefficient (Wildman–Crippen LogP) is 3.87. The summed E-state index contributed by atoms with van der Waals surface area (Å²) in [4.78, 5) is 30.8. The molecule has 0 unspecified atom stereocenters. The van der Waals surface area contributed by atoms with E-state index in [1.165, 1.54) is 21.4 Å². The molecular weight excluding hydrogens is 452 g/mol. The summed E-state index contributed by atoms with van der Waals surface area (Å²) >= 11 is 0. The minimum absolute atomic E-state index is 0.113. The molecule has 0 radical (unpaired) electrons. The van der Waals surface area contributed by atoms with Crippen molar-refractivity contribution >= 4 is 16.8 Å². The van der Waals surface area contributed by atoms with Crippen LogP contribution in [-0.2, 0) is 18.3 Å². The van der Waals surface area contributed by atoms with Crippen LogP contribution in [0.25, 0.3) is 27.7 Å². The van der Waals surface area contributed by atoms with Gasteiger partial charge in [0.2, 0.25) is 5.91 Å². The number of nitrogens with zero attached hydrogens (tertiary/aromatic N) is 5. The highest BCUT2D eigenvalue weighted by molar-refractivity contribution is 5.84. The lowest BCUT2D eigenvalue weighted by atomic mass is 10.0. The van der Waals surface area contributed by atoms with Crippen molar-refractivity contribution in [2.75, 3.05) is 13.1 Å². The van der Waals surface area contributed by atoms with Crippen LogP contribution in [0.4, 0.5) is 8.78 Å². The third-order valence-electron chi connectivity index (χ3n) is 6.58. The summed E-state index contributed by atoms with van der Waals surface area (Å²) in [5, 5.41) is 5.02. The maximum atomic E-state index is 15.4. The van der Waals surface area contributed by atoms with Crippen molar-refractivity contribution in [2.24, 2.45) is 13.0 Å². The number of amides is 1. The molecule has 0 spiro atoms. The minimum Gasteiger partial charge on any atom is -0.342 e. The number of carbonyl (C=O) groups is 1. The van der Waals surface area contributed by atoms with Gasteiger partial charge in [-0.1, -0.05) is 25.1 Å². The smallest absolute Gasteiger partial charge is 0.342 e. The Labute approximate surface area is 200 Å². The van der Waals surface area contributed by atoms with Crippen molar-refractivity contribution in [3.05, 3.63) is 76.6 Å². The Kier molecular flexibility index (Phi) is 5.92. The van der Waals surface area contributed by atoms with Gasteiger partial charge in [0.15, 0.2) is 0 Å². The van der Waals surface area contributed by atoms with Gasteiger partial charge in [-0.3, -0.25) is 9.78 Å². The van der Waals surface area contributed by atoms with E-state index in [1.807, 2.05) is 11.8 Å². The normalized spacial score (nSPS) is 15.8. The summed E-state index contributed by atoms with van der Waals surface area (Å²) in [6.07, 6.45) is 2.89. The molecule has 1 atom stereocenters. The summed E-state index contributed by atoms with van der Waals surface area (Å²) in [7, 11) is 1.54. The van der Waals surface area contributed by atoms with E-state index in [0.29, 0.717) is 48.2 Å². The highest BCUT2D eigenvalue weighted by atomic mass is 19.1. The average Bonchev–Trinajstić information content (AvgIpc) is 3.42. The predicted molar refractivity (Wildman–Crippen MR) is 128 cm³/mol. The Morgan fingerprint density at radius 1 is 1.11 bits per heavy atom. The van der Waals surface area contributed by atoms with Gasteiger partial charge >= 0.3 is 5.69 Å². The zero-order chi connectivity index (χ0) is 24.7. The summed E-state index contributed by atoms with van der Waals surface area (Å²) in [5.74, 6) is -0.234. The number of pyridine rings is 1. The molecule has 1 aliphatic heterocycles. The van der Waals surface area contributed by atoms with E-state index in [-0.39, 0.29) is 17.5 Å². The molecule has 0 saturated carbocycles. The van der Waals surface area contributed by atoms with E-state index >= 15 is 4.39 Å². The molecule has 5 rings (SSSR count). The Hall–Kier alpha value is -3.88. The number of aryl methyl sites for hydroxylation is 1. The molecule has 180 valence electrons. The van der Waals surface area contributed by atoms with Crippen molar-refractivity contribution in [3.8, 4) is 16.8 Å². The highest BCUT2D eigenvalue weighted by Gasteiger charge is 2.28. The molecule has 7 nitrogen and oxygen atoms in total. The number of halogens is 2. The molecule has 1 aliphatic rings. The Morgan fingerprint density at radius 2 is 1.89 bits per heavy atom. The molecule has 0 N–H and O–H groups in total. The Balaban J connectivity index is 1.45. The molecule has 4 aromatic rings. The van der Waals surface area contributed by atoms with Crippen molar-refractivity contribution in [2.45, 2.75) is 26.2 Å². The van der Waals surface area contributed by atoms with Crippen molar-refractivity contribution in [3.63, 3.8) is 0 Å². The van der Waals surface area contributed by atoms with Gasteiger partial charge in [-0.25, -0.2) is 22.8 Å². The highest BCUT2D eigenvalue weighted by Crippen LogP contribution is 2.27. The third-order valence-corrected chi connectivity index (χ3v) is 6.58. The topological polar surface area (TPSA) is 73.0 Å². The van der Waals surface area contributed by atoms with Crippen LogP contribution in [0.1, 0.15) is 25.6 Å². The second kappa shape index (κ2) is 9.05. The second-order valence-corrected chi connectivity index (χ2v) is 8.94. The molecule has 0 bridgehead atoms. The summed E-state index contributed by atoms with van der Waals surface area (Å²) < 4.78 is 31.3. The molecule has 1 amide bonds. The van der Waals surface area contributed by atoms with Gasteiger partial charge in [0, 0.05) is 38.4 Å². The molecule has 2 aromatic carbocycles. The fourth-order valence-electron chi connectivity index (χ4n) is 4.74. The summed E-state index contributed by atoms with van der Waals surface area (Å²) in [6.45, 7) is 3.14. The van der Waals surface area contributed by atoms with Crippen LogP contribution in [0.3, 0.4) is 0 Å². The fraction of sp³-hybridized carbons (Fsp3) is 0.308. The molecule has 1 fully saturated rings. The number of hydrogen-bond acceptors (Lipinski definition) is 4. The van der Waals surface area contributed by atoms with Gasteiger partial charge in [0.1, 0.15) is 17.5 Å². The van der Waals surface area contributed by atoms with Crippen LogP contribution >= 0.6 is 0 Å². The summed E-state index contributed by atoms with van der Waals surface area (Å²) in [5.41, 5.74) is 1.64. The first kappa shape index (κ1) is 22.9. The van der Waals surface area contributed by atoms with Crippen molar-refractivity contribution in [1.29, 1.82) is 0 Å². The zero-order valence-electron chi connectivity index (χ0n) is 19.5. The van der Waals surface area contributed by atoms with Crippen LogP contribution in [0.2, 0.25) is 0 Å². The van der Waals surface area contributed by atoms with Crippen LogP contribution in [0, 0.1) is 17.6 Å².